The Bertz CT molecular complexity index is 1530. The number of ether oxygens (including phenoxy) is 4. The molecule has 4 rings (SSSR count). The van der Waals surface area contributed by atoms with E-state index in [1.165, 1.54) is 19.1 Å². The zero-order valence-electron chi connectivity index (χ0n) is 28.8. The number of methoxy groups -OCH3 is 2. The van der Waals surface area contributed by atoms with Gasteiger partial charge in [0.15, 0.2) is 11.5 Å². The van der Waals surface area contributed by atoms with Gasteiger partial charge in [0.25, 0.3) is 5.91 Å². The van der Waals surface area contributed by atoms with Crippen molar-refractivity contribution in [2.45, 2.75) is 58.6 Å². The number of anilines is 1. The summed E-state index contributed by atoms with van der Waals surface area (Å²) in [7, 11) is 2.97. The van der Waals surface area contributed by atoms with Gasteiger partial charge in [-0.3, -0.25) is 19.2 Å². The van der Waals surface area contributed by atoms with Gasteiger partial charge in [0, 0.05) is 64.3 Å². The summed E-state index contributed by atoms with van der Waals surface area (Å²) in [6.45, 7) is 0.864. The average Bonchev–Trinajstić information content (AvgIpc) is 3.12. The summed E-state index contributed by atoms with van der Waals surface area (Å²) < 4.78 is 45.0. The predicted molar refractivity (Wildman–Crippen MR) is 167 cm³/mol. The van der Waals surface area contributed by atoms with Crippen molar-refractivity contribution in [3.8, 4) is 11.5 Å². The van der Waals surface area contributed by atoms with Crippen LogP contribution in [0, 0.1) is 11.3 Å². The highest BCUT2D eigenvalue weighted by molar-refractivity contribution is 6.30. The predicted octanol–water partition coefficient (Wildman–Crippen LogP) is 4.87. The van der Waals surface area contributed by atoms with Crippen molar-refractivity contribution in [3.63, 3.8) is 0 Å². The lowest BCUT2D eigenvalue weighted by molar-refractivity contribution is -0.145. The van der Waals surface area contributed by atoms with Gasteiger partial charge in [-0.1, -0.05) is 37.6 Å². The lowest BCUT2D eigenvalue weighted by atomic mass is 9.92. The minimum Gasteiger partial charge on any atom is -0.493 e. The lowest BCUT2D eigenvalue weighted by Gasteiger charge is -2.34. The number of aliphatic carboxylic acids is 1. The molecule has 2 aliphatic heterocycles. The number of halogens is 1. The molecule has 2 amide bonds. The van der Waals surface area contributed by atoms with E-state index in [0.717, 1.165) is 0 Å². The van der Waals surface area contributed by atoms with Crippen molar-refractivity contribution in [2.24, 2.45) is 11.3 Å². The van der Waals surface area contributed by atoms with Crippen LogP contribution in [0.3, 0.4) is 0 Å². The second-order valence-corrected chi connectivity index (χ2v) is 12.5. The van der Waals surface area contributed by atoms with Crippen LogP contribution < -0.4 is 14.4 Å². The summed E-state index contributed by atoms with van der Waals surface area (Å²) >= 11 is 6.50. The van der Waals surface area contributed by atoms with E-state index in [2.05, 4.69) is 0 Å². The quantitative estimate of drug-likeness (QED) is 0.339. The van der Waals surface area contributed by atoms with Crippen molar-refractivity contribution < 1.29 is 47.3 Å². The normalized spacial score (nSPS) is 20.3. The van der Waals surface area contributed by atoms with E-state index in [4.69, 9.17) is 34.7 Å². The summed E-state index contributed by atoms with van der Waals surface area (Å²) in [4.78, 5) is 54.5. The van der Waals surface area contributed by atoms with E-state index < -0.39 is 42.3 Å². The Morgan fingerprint density at radius 1 is 1.09 bits per heavy atom. The number of fused-ring (bicyclic) bond motifs is 1. The molecule has 1 saturated heterocycles. The maximum Gasteiger partial charge on any atom is 0.303 e. The van der Waals surface area contributed by atoms with Gasteiger partial charge >= 0.3 is 11.9 Å². The Morgan fingerprint density at radius 2 is 1.82 bits per heavy atom. The van der Waals surface area contributed by atoms with Crippen LogP contribution in [-0.2, 0) is 28.7 Å². The topological polar surface area (TPSA) is 132 Å². The molecule has 0 radical (unpaired) electrons. The molecule has 45 heavy (non-hydrogen) atoms. The van der Waals surface area contributed by atoms with Crippen LogP contribution in [0.15, 0.2) is 36.4 Å². The molecule has 11 nitrogen and oxygen atoms in total. The van der Waals surface area contributed by atoms with Crippen LogP contribution in [0.25, 0.3) is 0 Å². The zero-order valence-corrected chi connectivity index (χ0v) is 26.6. The number of hydrogen-bond donors (Lipinski definition) is 1. The highest BCUT2D eigenvalue weighted by Gasteiger charge is 2.41. The van der Waals surface area contributed by atoms with E-state index in [1.54, 1.807) is 55.1 Å². The standard InChI is InChI=1S/C33H41ClN2O9/c1-20(37)44-19-33(2,3)18-36-25-10-9-22(34)16-24(25)30(23-7-6-8-26(42-4)31(23)43-5)45-27(32(36)41)17-28(38)35-13-11-21(12-14-35)15-29(39)40/h6-10,16,21,27,30H,11-15,17-19H2,1-5H3,(H,39,40)/t27-,30-/m1/s1/i1D3. The number of para-hydroxylation sites is 1. The number of nitrogens with zero attached hydrogens (tertiary/aromatic N) is 2. The molecule has 2 aromatic carbocycles. The van der Waals surface area contributed by atoms with Gasteiger partial charge in [0.1, 0.15) is 12.2 Å². The maximum absolute atomic E-state index is 14.5. The van der Waals surface area contributed by atoms with Crippen LogP contribution in [0.4, 0.5) is 5.69 Å². The molecule has 244 valence electrons. The number of amides is 2. The second kappa shape index (κ2) is 14.5. The Kier molecular flexibility index (Phi) is 9.63. The summed E-state index contributed by atoms with van der Waals surface area (Å²) in [5, 5.41) is 9.54. The number of carbonyl (C=O) groups is 4. The molecule has 0 spiro atoms. The molecule has 2 aromatic rings. The number of likely N-dealkylation sites (tertiary alicyclic amines) is 1. The van der Waals surface area contributed by atoms with Gasteiger partial charge in [-0.25, -0.2) is 0 Å². The highest BCUT2D eigenvalue weighted by atomic mass is 35.5. The zero-order chi connectivity index (χ0) is 35.4. The fourth-order valence-electron chi connectivity index (χ4n) is 5.88. The molecule has 12 heteroatoms. The minimum absolute atomic E-state index is 0.0313. The van der Waals surface area contributed by atoms with Gasteiger partial charge in [-0.2, -0.15) is 0 Å². The number of rotatable bonds is 11. The molecule has 0 saturated carbocycles. The smallest absolute Gasteiger partial charge is 0.303 e. The van der Waals surface area contributed by atoms with E-state index in [0.29, 0.717) is 59.3 Å². The van der Waals surface area contributed by atoms with Gasteiger partial charge in [-0.15, -0.1) is 0 Å². The minimum atomic E-state index is -2.94. The van der Waals surface area contributed by atoms with Crippen LogP contribution >= 0.6 is 11.6 Å². The van der Waals surface area contributed by atoms with E-state index in [1.807, 2.05) is 0 Å². The van der Waals surface area contributed by atoms with Crippen LogP contribution in [-0.4, -0.2) is 80.3 Å². The largest absolute Gasteiger partial charge is 0.493 e. The lowest BCUT2D eigenvalue weighted by Crippen LogP contribution is -2.48. The molecule has 0 aliphatic carbocycles. The van der Waals surface area contributed by atoms with E-state index >= 15 is 0 Å². The molecule has 0 unspecified atom stereocenters. The third-order valence-electron chi connectivity index (χ3n) is 8.09. The maximum atomic E-state index is 14.5. The summed E-state index contributed by atoms with van der Waals surface area (Å²) in [5.41, 5.74) is 0.510. The SMILES string of the molecule is [2H]C([2H])([2H])C(=O)OCC(C)(C)CN1C(=O)[C@@H](CC(=O)N2CCC(CC(=O)O)CC2)O[C@H](c2cccc(OC)c2OC)c2cc(Cl)ccc21. The molecule has 2 heterocycles. The molecule has 1 N–H and O–H groups in total. The summed E-state index contributed by atoms with van der Waals surface area (Å²) in [6.07, 6.45) is -1.46. The van der Waals surface area contributed by atoms with Crippen molar-refractivity contribution in [2.75, 3.05) is 45.4 Å². The third kappa shape index (κ3) is 8.26. The molecule has 0 aromatic heterocycles. The van der Waals surface area contributed by atoms with Crippen LogP contribution in [0.5, 0.6) is 11.5 Å². The second-order valence-electron chi connectivity index (χ2n) is 12.1. The van der Waals surface area contributed by atoms with E-state index in [-0.39, 0.29) is 37.8 Å². The monoisotopic (exact) mass is 647 g/mol. The van der Waals surface area contributed by atoms with Crippen molar-refractivity contribution in [1.29, 1.82) is 0 Å². The number of carbonyl (C=O) groups excluding carboxylic acids is 3. The van der Waals surface area contributed by atoms with Crippen LogP contribution in [0.1, 0.15) is 67.7 Å². The first-order valence-electron chi connectivity index (χ1n) is 16.2. The number of hydrogen-bond acceptors (Lipinski definition) is 8. The van der Waals surface area contributed by atoms with Gasteiger partial charge in [-0.05, 0) is 43.0 Å². The first kappa shape index (κ1) is 29.9. The van der Waals surface area contributed by atoms with Gasteiger partial charge in [0.05, 0.1) is 27.2 Å². The highest BCUT2D eigenvalue weighted by Crippen LogP contribution is 2.45. The van der Waals surface area contributed by atoms with Crippen molar-refractivity contribution in [1.82, 2.24) is 4.90 Å². The number of benzene rings is 2. The van der Waals surface area contributed by atoms with Crippen molar-refractivity contribution in [3.05, 3.63) is 52.5 Å². The Labute approximate surface area is 272 Å². The number of esters is 1. The summed E-state index contributed by atoms with van der Waals surface area (Å²) in [5.74, 6) is -2.35. The van der Waals surface area contributed by atoms with E-state index in [9.17, 15) is 24.3 Å². The molecular formula is C33H41ClN2O9. The Morgan fingerprint density at radius 3 is 2.47 bits per heavy atom. The fourth-order valence-corrected chi connectivity index (χ4v) is 6.06. The van der Waals surface area contributed by atoms with Gasteiger partial charge < -0.3 is 33.9 Å². The molecule has 2 atom stereocenters. The Balaban J connectivity index is 1.74. The number of piperidine rings is 1. The first-order chi connectivity index (χ1) is 22.5. The molecule has 1 fully saturated rings. The third-order valence-corrected chi connectivity index (χ3v) is 8.33. The van der Waals surface area contributed by atoms with Gasteiger partial charge in [0.2, 0.25) is 5.91 Å². The number of carboxylic acids is 1. The average molecular weight is 648 g/mol. The molecule has 0 bridgehead atoms. The summed E-state index contributed by atoms with van der Waals surface area (Å²) in [6, 6.07) is 10.2. The van der Waals surface area contributed by atoms with Crippen LogP contribution in [0.2, 0.25) is 5.02 Å². The molecular weight excluding hydrogens is 604 g/mol. The number of carboxylic acid groups (broad SMARTS) is 1. The molecule has 2 aliphatic rings. The first-order valence-corrected chi connectivity index (χ1v) is 15.1. The fraction of sp³-hybridized carbons (Fsp3) is 0.515. The van der Waals surface area contributed by atoms with Crippen molar-refractivity contribution >= 4 is 41.0 Å². The Hall–Kier alpha value is -3.83.